The first-order valence-corrected chi connectivity index (χ1v) is 4.53. The van der Waals surface area contributed by atoms with Crippen LogP contribution in [0.15, 0.2) is 6.20 Å². The van der Waals surface area contributed by atoms with E-state index in [1.807, 2.05) is 20.8 Å². The van der Waals surface area contributed by atoms with E-state index >= 15 is 0 Å². The third kappa shape index (κ3) is 2.46. The van der Waals surface area contributed by atoms with Crippen LogP contribution in [0.25, 0.3) is 0 Å². The van der Waals surface area contributed by atoms with Crippen LogP contribution >= 0.6 is 0 Å². The van der Waals surface area contributed by atoms with Gasteiger partial charge in [0, 0.05) is 0 Å². The van der Waals surface area contributed by atoms with Gasteiger partial charge in [-0.05, 0) is 27.2 Å². The molecule has 1 unspecified atom stereocenters. The van der Waals surface area contributed by atoms with Gasteiger partial charge in [0.2, 0.25) is 0 Å². The predicted molar refractivity (Wildman–Crippen MR) is 53.2 cm³/mol. The summed E-state index contributed by atoms with van der Waals surface area (Å²) in [6, 6.07) is 2.39. The fourth-order valence-corrected chi connectivity index (χ4v) is 1.38. The van der Waals surface area contributed by atoms with E-state index < -0.39 is 0 Å². The van der Waals surface area contributed by atoms with Crippen LogP contribution in [-0.4, -0.2) is 15.0 Å². The molecule has 1 rings (SSSR count). The summed E-state index contributed by atoms with van der Waals surface area (Å²) in [5.41, 5.74) is 5.11. The van der Waals surface area contributed by atoms with Crippen LogP contribution in [0.1, 0.15) is 33.2 Å². The monoisotopic (exact) mass is 193 g/mol. The van der Waals surface area contributed by atoms with Crippen LogP contribution in [-0.2, 0) is 0 Å². The van der Waals surface area contributed by atoms with Crippen molar-refractivity contribution in [3.63, 3.8) is 0 Å². The van der Waals surface area contributed by atoms with Crippen LogP contribution in [0.2, 0.25) is 0 Å². The topological polar surface area (TPSA) is 80.5 Å². The van der Waals surface area contributed by atoms with Gasteiger partial charge in [0.25, 0.3) is 0 Å². The van der Waals surface area contributed by atoms with Crippen LogP contribution < -0.4 is 5.73 Å². The molecular formula is C9H15N5. The summed E-state index contributed by atoms with van der Waals surface area (Å²) in [4.78, 5) is 0. The zero-order valence-corrected chi connectivity index (χ0v) is 8.73. The minimum absolute atomic E-state index is 0.134. The number of nitrogens with two attached hydrogens (primary N) is 1. The lowest BCUT2D eigenvalue weighted by Gasteiger charge is -2.20. The summed E-state index contributed by atoms with van der Waals surface area (Å²) < 4.78 is 1.69. The predicted octanol–water partition coefficient (Wildman–Crippen LogP) is 1.36. The van der Waals surface area contributed by atoms with Gasteiger partial charge in [-0.2, -0.15) is 5.26 Å². The van der Waals surface area contributed by atoms with Crippen molar-refractivity contribution in [3.05, 3.63) is 6.20 Å². The van der Waals surface area contributed by atoms with Gasteiger partial charge < -0.3 is 5.73 Å². The molecule has 76 valence electrons. The minimum atomic E-state index is -0.347. The van der Waals surface area contributed by atoms with Gasteiger partial charge in [0.05, 0.1) is 23.7 Å². The Balaban J connectivity index is 2.69. The molecule has 0 aliphatic carbocycles. The second-order valence-corrected chi connectivity index (χ2v) is 4.17. The van der Waals surface area contributed by atoms with E-state index in [0.29, 0.717) is 5.82 Å². The molecule has 0 saturated heterocycles. The number of rotatable bonds is 3. The maximum absolute atomic E-state index is 8.88. The number of anilines is 1. The molecule has 0 bridgehead atoms. The highest BCUT2D eigenvalue weighted by atomic mass is 15.4. The Morgan fingerprint density at radius 1 is 1.71 bits per heavy atom. The van der Waals surface area contributed by atoms with Crippen molar-refractivity contribution in [2.45, 2.75) is 33.2 Å². The van der Waals surface area contributed by atoms with Crippen molar-refractivity contribution in [2.75, 3.05) is 5.73 Å². The molecule has 5 nitrogen and oxygen atoms in total. The van der Waals surface area contributed by atoms with Crippen LogP contribution in [0.3, 0.4) is 0 Å². The molecule has 0 radical (unpaired) electrons. The molecule has 5 heteroatoms. The van der Waals surface area contributed by atoms with Gasteiger partial charge in [-0.1, -0.05) is 5.21 Å². The molecule has 0 saturated carbocycles. The summed E-state index contributed by atoms with van der Waals surface area (Å²) >= 11 is 0. The van der Waals surface area contributed by atoms with Gasteiger partial charge >= 0.3 is 0 Å². The van der Waals surface area contributed by atoms with Crippen molar-refractivity contribution in [2.24, 2.45) is 5.41 Å². The Morgan fingerprint density at radius 2 is 2.36 bits per heavy atom. The maximum Gasteiger partial charge on any atom is 0.165 e. The molecule has 1 heterocycles. The molecule has 0 spiro atoms. The minimum Gasteiger partial charge on any atom is -0.381 e. The highest BCUT2D eigenvalue weighted by Gasteiger charge is 2.21. The van der Waals surface area contributed by atoms with Gasteiger partial charge in [-0.15, -0.1) is 5.10 Å². The molecule has 1 aromatic heterocycles. The number of nitriles is 1. The molecule has 2 N–H and O–H groups in total. The molecule has 0 amide bonds. The van der Waals surface area contributed by atoms with Crippen molar-refractivity contribution < 1.29 is 0 Å². The van der Waals surface area contributed by atoms with Crippen LogP contribution in [0.4, 0.5) is 5.82 Å². The Labute approximate surface area is 83.5 Å². The van der Waals surface area contributed by atoms with E-state index in [1.165, 1.54) is 0 Å². The standard InChI is InChI=1S/C9H15N5/c1-7(4-9(2,3)6-10)14-5-8(11)12-13-14/h5,7H,4,11H2,1-3H3. The fourth-order valence-electron chi connectivity index (χ4n) is 1.38. The van der Waals surface area contributed by atoms with E-state index in [0.717, 1.165) is 6.42 Å². The van der Waals surface area contributed by atoms with E-state index in [1.54, 1.807) is 10.9 Å². The highest BCUT2D eigenvalue weighted by Crippen LogP contribution is 2.26. The molecule has 0 aliphatic heterocycles. The molecule has 1 atom stereocenters. The quantitative estimate of drug-likeness (QED) is 0.785. The zero-order chi connectivity index (χ0) is 10.8. The average Bonchev–Trinajstić information content (AvgIpc) is 2.51. The first-order chi connectivity index (χ1) is 6.44. The van der Waals surface area contributed by atoms with E-state index in [2.05, 4.69) is 16.4 Å². The summed E-state index contributed by atoms with van der Waals surface area (Å²) in [5, 5.41) is 16.4. The number of nitrogens with zero attached hydrogens (tertiary/aromatic N) is 4. The second-order valence-electron chi connectivity index (χ2n) is 4.17. The first kappa shape index (κ1) is 10.5. The normalized spacial score (nSPS) is 13.6. The maximum atomic E-state index is 8.88. The van der Waals surface area contributed by atoms with Gasteiger partial charge in [-0.25, -0.2) is 4.68 Å². The molecule has 0 fully saturated rings. The lowest BCUT2D eigenvalue weighted by molar-refractivity contribution is 0.332. The number of hydrogen-bond acceptors (Lipinski definition) is 4. The van der Waals surface area contributed by atoms with Gasteiger partial charge in [-0.3, -0.25) is 0 Å². The van der Waals surface area contributed by atoms with Crippen molar-refractivity contribution >= 4 is 5.82 Å². The zero-order valence-electron chi connectivity index (χ0n) is 8.73. The van der Waals surface area contributed by atoms with Crippen molar-refractivity contribution in [3.8, 4) is 6.07 Å². The Bertz CT molecular complexity index is 346. The largest absolute Gasteiger partial charge is 0.381 e. The smallest absolute Gasteiger partial charge is 0.165 e. The lowest BCUT2D eigenvalue weighted by atomic mass is 9.88. The first-order valence-electron chi connectivity index (χ1n) is 4.53. The highest BCUT2D eigenvalue weighted by molar-refractivity contribution is 5.20. The molecule has 14 heavy (non-hydrogen) atoms. The van der Waals surface area contributed by atoms with Gasteiger partial charge in [0.15, 0.2) is 5.82 Å². The van der Waals surface area contributed by atoms with Gasteiger partial charge in [0.1, 0.15) is 0 Å². The van der Waals surface area contributed by atoms with Crippen LogP contribution in [0, 0.1) is 16.7 Å². The Hall–Kier alpha value is -1.57. The summed E-state index contributed by atoms with van der Waals surface area (Å²) in [6.45, 7) is 5.81. The molecule has 1 aromatic rings. The lowest BCUT2D eigenvalue weighted by Crippen LogP contribution is -2.16. The van der Waals surface area contributed by atoms with Crippen molar-refractivity contribution in [1.29, 1.82) is 5.26 Å². The summed E-state index contributed by atoms with van der Waals surface area (Å²) in [5.74, 6) is 0.409. The Kier molecular flexibility index (Phi) is 2.75. The number of hydrogen-bond donors (Lipinski definition) is 1. The summed E-state index contributed by atoms with van der Waals surface area (Å²) in [6.07, 6.45) is 2.41. The molecule has 0 aliphatic rings. The second kappa shape index (κ2) is 3.66. The average molecular weight is 193 g/mol. The van der Waals surface area contributed by atoms with E-state index in [9.17, 15) is 0 Å². The third-order valence-electron chi connectivity index (χ3n) is 2.09. The number of nitrogen functional groups attached to an aromatic ring is 1. The molecule has 0 aromatic carbocycles. The van der Waals surface area contributed by atoms with Crippen molar-refractivity contribution in [1.82, 2.24) is 15.0 Å². The fraction of sp³-hybridized carbons (Fsp3) is 0.667. The molecular weight excluding hydrogens is 178 g/mol. The number of aromatic nitrogens is 3. The Morgan fingerprint density at radius 3 is 2.79 bits per heavy atom. The SMILES string of the molecule is CC(CC(C)(C)C#N)n1cc(N)nn1. The third-order valence-corrected chi connectivity index (χ3v) is 2.09. The van der Waals surface area contributed by atoms with E-state index in [-0.39, 0.29) is 11.5 Å². The van der Waals surface area contributed by atoms with E-state index in [4.69, 9.17) is 11.0 Å². The van der Waals surface area contributed by atoms with Crippen LogP contribution in [0.5, 0.6) is 0 Å². The summed E-state index contributed by atoms with van der Waals surface area (Å²) in [7, 11) is 0.